The minimum Gasteiger partial charge on any atom is -0.445 e. The second-order valence-electron chi connectivity index (χ2n) is 10.6. The van der Waals surface area contributed by atoms with Crippen LogP contribution in [0.1, 0.15) is 29.5 Å². The molecular formula is C29H38N6O3. The van der Waals surface area contributed by atoms with E-state index in [1.54, 1.807) is 6.20 Å². The maximum atomic E-state index is 13.7. The van der Waals surface area contributed by atoms with E-state index < -0.39 is 12.1 Å². The zero-order chi connectivity index (χ0) is 26.5. The van der Waals surface area contributed by atoms with Gasteiger partial charge >= 0.3 is 6.09 Å². The van der Waals surface area contributed by atoms with Gasteiger partial charge < -0.3 is 19.9 Å². The van der Waals surface area contributed by atoms with Gasteiger partial charge in [0.25, 0.3) is 0 Å². The number of carbonyl (C=O) groups is 2. The summed E-state index contributed by atoms with van der Waals surface area (Å²) in [6.07, 6.45) is 3.94. The highest BCUT2D eigenvalue weighted by molar-refractivity contribution is 5.87. The Labute approximate surface area is 224 Å². The Kier molecular flexibility index (Phi) is 8.24. The second kappa shape index (κ2) is 12.0. The molecule has 38 heavy (non-hydrogen) atoms. The molecule has 2 aliphatic rings. The second-order valence-corrected chi connectivity index (χ2v) is 10.6. The van der Waals surface area contributed by atoms with E-state index in [0.717, 1.165) is 53.8 Å². The van der Waals surface area contributed by atoms with Crippen molar-refractivity contribution in [3.05, 3.63) is 65.4 Å². The number of piperazine rings is 1. The number of H-pyrrole nitrogens is 1. The Morgan fingerprint density at radius 3 is 2.53 bits per heavy atom. The number of nitrogens with one attached hydrogen (secondary N) is 2. The molecule has 1 unspecified atom stereocenters. The van der Waals surface area contributed by atoms with Crippen molar-refractivity contribution in [2.24, 2.45) is 0 Å². The first-order chi connectivity index (χ1) is 18.5. The van der Waals surface area contributed by atoms with Gasteiger partial charge in [-0.3, -0.25) is 14.8 Å². The van der Waals surface area contributed by atoms with E-state index in [-0.39, 0.29) is 12.5 Å². The Morgan fingerprint density at radius 2 is 1.79 bits per heavy atom. The highest BCUT2D eigenvalue weighted by atomic mass is 16.5. The molecule has 1 atom stereocenters. The molecule has 0 aliphatic carbocycles. The number of piperidine rings is 1. The van der Waals surface area contributed by atoms with E-state index in [2.05, 4.69) is 38.4 Å². The number of fused-ring (bicyclic) bond motifs is 1. The lowest BCUT2D eigenvalue weighted by atomic mass is 10.00. The summed E-state index contributed by atoms with van der Waals surface area (Å²) in [6.45, 7) is 7.50. The topological polar surface area (TPSA) is 93.8 Å². The van der Waals surface area contributed by atoms with Crippen LogP contribution in [0.4, 0.5) is 4.79 Å². The number of hydrogen-bond donors (Lipinski definition) is 2. The molecule has 0 saturated carbocycles. The summed E-state index contributed by atoms with van der Waals surface area (Å²) < 4.78 is 5.47. The number of nitrogens with zero attached hydrogens (tertiary/aromatic N) is 4. The first kappa shape index (κ1) is 26.2. The number of ether oxygens (including phenoxy) is 1. The van der Waals surface area contributed by atoms with Gasteiger partial charge in [-0.15, -0.1) is 0 Å². The summed E-state index contributed by atoms with van der Waals surface area (Å²) in [7, 11) is 2.18. The average molecular weight is 519 g/mol. The molecule has 2 fully saturated rings. The van der Waals surface area contributed by atoms with Crippen molar-refractivity contribution in [2.75, 3.05) is 46.3 Å². The van der Waals surface area contributed by atoms with E-state index in [9.17, 15) is 9.59 Å². The van der Waals surface area contributed by atoms with Gasteiger partial charge in [0.1, 0.15) is 12.6 Å². The van der Waals surface area contributed by atoms with Crippen LogP contribution in [0.2, 0.25) is 0 Å². The minimum atomic E-state index is -0.711. The Morgan fingerprint density at radius 1 is 1.05 bits per heavy atom. The first-order valence-electron chi connectivity index (χ1n) is 13.6. The van der Waals surface area contributed by atoms with Gasteiger partial charge in [-0.25, -0.2) is 4.79 Å². The van der Waals surface area contributed by atoms with Crippen LogP contribution in [0.25, 0.3) is 10.9 Å². The van der Waals surface area contributed by atoms with Crippen molar-refractivity contribution in [2.45, 2.75) is 44.9 Å². The number of aromatic nitrogens is 2. The molecule has 0 radical (unpaired) electrons. The van der Waals surface area contributed by atoms with Crippen LogP contribution in [0, 0.1) is 6.92 Å². The highest BCUT2D eigenvalue weighted by Gasteiger charge is 2.32. The minimum absolute atomic E-state index is 0.0605. The van der Waals surface area contributed by atoms with Crippen molar-refractivity contribution < 1.29 is 14.3 Å². The average Bonchev–Trinajstić information content (AvgIpc) is 3.42. The van der Waals surface area contributed by atoms with Crippen molar-refractivity contribution in [1.29, 1.82) is 0 Å². The van der Waals surface area contributed by atoms with Crippen LogP contribution < -0.4 is 5.32 Å². The summed E-state index contributed by atoms with van der Waals surface area (Å²) in [4.78, 5) is 33.4. The van der Waals surface area contributed by atoms with Crippen LogP contribution in [-0.2, 0) is 22.6 Å². The molecule has 2 amide bonds. The van der Waals surface area contributed by atoms with Crippen molar-refractivity contribution in [3.8, 4) is 0 Å². The summed E-state index contributed by atoms with van der Waals surface area (Å²) in [6, 6.07) is 13.5. The van der Waals surface area contributed by atoms with Gasteiger partial charge in [0.05, 0.1) is 11.7 Å². The monoisotopic (exact) mass is 518 g/mol. The van der Waals surface area contributed by atoms with Crippen LogP contribution in [0.15, 0.2) is 48.7 Å². The molecule has 9 nitrogen and oxygen atoms in total. The number of rotatable bonds is 7. The highest BCUT2D eigenvalue weighted by Crippen LogP contribution is 2.21. The SMILES string of the molecule is Cc1cc(CC(NC(=O)OCc2ccccc2)C(=O)N2CCN(C3CCN(C)CC3)CC2)cc2cn[nH]c12. The zero-order valence-corrected chi connectivity index (χ0v) is 22.4. The fourth-order valence-electron chi connectivity index (χ4n) is 5.66. The number of alkyl carbamates (subject to hydrolysis) is 1. The third-order valence-electron chi connectivity index (χ3n) is 7.88. The largest absolute Gasteiger partial charge is 0.445 e. The molecule has 2 aromatic carbocycles. The molecule has 9 heteroatoms. The molecule has 5 rings (SSSR count). The van der Waals surface area contributed by atoms with Gasteiger partial charge in [-0.05, 0) is 62.7 Å². The quantitative estimate of drug-likeness (QED) is 0.500. The Balaban J connectivity index is 1.25. The van der Waals surface area contributed by atoms with Crippen LogP contribution in [0.3, 0.4) is 0 Å². The number of amides is 2. The maximum absolute atomic E-state index is 13.7. The Bertz CT molecular complexity index is 1230. The van der Waals surface area contributed by atoms with E-state index in [1.165, 1.54) is 12.8 Å². The van der Waals surface area contributed by atoms with Crippen LogP contribution >= 0.6 is 0 Å². The summed E-state index contributed by atoms with van der Waals surface area (Å²) in [5.41, 5.74) is 3.91. The molecule has 2 saturated heterocycles. The van der Waals surface area contributed by atoms with Gasteiger partial charge in [0, 0.05) is 44.0 Å². The summed E-state index contributed by atoms with van der Waals surface area (Å²) >= 11 is 0. The number of carbonyl (C=O) groups excluding carboxylic acids is 2. The number of aryl methyl sites for hydroxylation is 1. The molecule has 3 aromatic rings. The number of aromatic amines is 1. The molecule has 2 aliphatic heterocycles. The smallest absolute Gasteiger partial charge is 0.408 e. The van der Waals surface area contributed by atoms with E-state index in [4.69, 9.17) is 4.74 Å². The lowest BCUT2D eigenvalue weighted by Crippen LogP contribution is -2.58. The van der Waals surface area contributed by atoms with E-state index in [1.807, 2.05) is 48.2 Å². The molecule has 202 valence electrons. The molecule has 0 spiro atoms. The fraction of sp³-hybridized carbons (Fsp3) is 0.483. The van der Waals surface area contributed by atoms with Gasteiger partial charge in [0.15, 0.2) is 0 Å². The van der Waals surface area contributed by atoms with Gasteiger partial charge in [-0.2, -0.15) is 5.10 Å². The zero-order valence-electron chi connectivity index (χ0n) is 22.4. The first-order valence-corrected chi connectivity index (χ1v) is 13.6. The van der Waals surface area contributed by atoms with Gasteiger partial charge in [0.2, 0.25) is 5.91 Å². The number of benzene rings is 2. The predicted molar refractivity (Wildman–Crippen MR) is 147 cm³/mol. The summed E-state index contributed by atoms with van der Waals surface area (Å²) in [5, 5.41) is 11.0. The lowest BCUT2D eigenvalue weighted by molar-refractivity contribution is -0.135. The molecule has 2 N–H and O–H groups in total. The number of likely N-dealkylation sites (tertiary alicyclic amines) is 1. The fourth-order valence-corrected chi connectivity index (χ4v) is 5.66. The van der Waals surface area contributed by atoms with Crippen molar-refractivity contribution in [3.63, 3.8) is 0 Å². The standard InChI is InChI=1S/C29H38N6O3/c1-21-16-23(17-24-19-30-32-27(21)24)18-26(31-29(37)38-20-22-6-4-3-5-7-22)28(36)35-14-12-34(13-15-35)25-8-10-33(2)11-9-25/h3-7,16-17,19,25-26H,8-15,18,20H2,1-2H3,(H,30,32)(H,31,37). The predicted octanol–water partition coefficient (Wildman–Crippen LogP) is 2.95. The molecular weight excluding hydrogens is 480 g/mol. The third kappa shape index (κ3) is 6.34. The van der Waals surface area contributed by atoms with Crippen molar-refractivity contribution in [1.82, 2.24) is 30.2 Å². The Hall–Kier alpha value is -3.43. The van der Waals surface area contributed by atoms with Crippen LogP contribution in [-0.4, -0.2) is 95.3 Å². The van der Waals surface area contributed by atoms with Crippen molar-refractivity contribution >= 4 is 22.9 Å². The lowest BCUT2D eigenvalue weighted by Gasteiger charge is -2.42. The normalized spacial score (nSPS) is 18.4. The maximum Gasteiger partial charge on any atom is 0.408 e. The van der Waals surface area contributed by atoms with Gasteiger partial charge in [-0.1, -0.05) is 36.4 Å². The molecule has 3 heterocycles. The van der Waals surface area contributed by atoms with E-state index in [0.29, 0.717) is 25.6 Å². The van der Waals surface area contributed by atoms with Crippen LogP contribution in [0.5, 0.6) is 0 Å². The summed E-state index contributed by atoms with van der Waals surface area (Å²) in [5.74, 6) is -0.0605. The van der Waals surface area contributed by atoms with E-state index >= 15 is 0 Å². The molecule has 1 aromatic heterocycles. The number of hydrogen-bond acceptors (Lipinski definition) is 6. The third-order valence-corrected chi connectivity index (χ3v) is 7.88. The molecule has 0 bridgehead atoms.